The minimum Gasteiger partial charge on any atom is -0.497 e. The number of aromatic nitrogens is 2. The van der Waals surface area contributed by atoms with Crippen LogP contribution in [0.15, 0.2) is 48.5 Å². The number of ether oxygens (including phenoxy) is 1. The van der Waals surface area contributed by atoms with E-state index in [2.05, 4.69) is 15.5 Å². The van der Waals surface area contributed by atoms with Gasteiger partial charge in [0.2, 0.25) is 0 Å². The first-order valence-corrected chi connectivity index (χ1v) is 7.77. The standard InChI is InChI=1S/C19H17N3O2/c1-11-6-8-12(9-7-11)16-15-17(21-22-18(15)19(23)20-16)13-4-3-5-14(10-13)24-2/h3-10,16H,1-2H3,(H,20,23)(H,21,22)/t16-/m1/s1. The number of nitrogens with one attached hydrogen (secondary N) is 2. The van der Waals surface area contributed by atoms with Gasteiger partial charge in [0.05, 0.1) is 18.8 Å². The number of hydrogen-bond donors (Lipinski definition) is 2. The van der Waals surface area contributed by atoms with Gasteiger partial charge in [0.1, 0.15) is 11.4 Å². The van der Waals surface area contributed by atoms with Crippen molar-refractivity contribution in [3.8, 4) is 17.0 Å². The summed E-state index contributed by atoms with van der Waals surface area (Å²) in [6.45, 7) is 2.04. The molecule has 2 N–H and O–H groups in total. The van der Waals surface area contributed by atoms with Crippen LogP contribution in [0.3, 0.4) is 0 Å². The van der Waals surface area contributed by atoms with Crippen LogP contribution in [0.1, 0.15) is 33.2 Å². The van der Waals surface area contributed by atoms with Crippen molar-refractivity contribution in [1.82, 2.24) is 15.5 Å². The molecule has 1 aliphatic rings. The lowest BCUT2D eigenvalue weighted by Gasteiger charge is -2.14. The van der Waals surface area contributed by atoms with Crippen molar-refractivity contribution in [2.45, 2.75) is 13.0 Å². The lowest BCUT2D eigenvalue weighted by molar-refractivity contribution is 0.0955. The van der Waals surface area contributed by atoms with Gasteiger partial charge in [-0.05, 0) is 24.6 Å². The van der Waals surface area contributed by atoms with Crippen LogP contribution in [-0.4, -0.2) is 23.2 Å². The number of aryl methyl sites for hydroxylation is 1. The Balaban J connectivity index is 1.84. The molecule has 0 aliphatic carbocycles. The van der Waals surface area contributed by atoms with Gasteiger partial charge in [-0.25, -0.2) is 0 Å². The Kier molecular flexibility index (Phi) is 3.34. The molecule has 2 aromatic carbocycles. The number of benzene rings is 2. The normalized spacial score (nSPS) is 15.9. The highest BCUT2D eigenvalue weighted by Gasteiger charge is 2.35. The Labute approximate surface area is 139 Å². The lowest BCUT2D eigenvalue weighted by Crippen LogP contribution is -2.21. The Morgan fingerprint density at radius 2 is 1.92 bits per heavy atom. The summed E-state index contributed by atoms with van der Waals surface area (Å²) < 4.78 is 5.30. The number of fused-ring (bicyclic) bond motifs is 1. The van der Waals surface area contributed by atoms with Gasteiger partial charge in [0.15, 0.2) is 0 Å². The van der Waals surface area contributed by atoms with Gasteiger partial charge in [0, 0.05) is 11.1 Å². The van der Waals surface area contributed by atoms with Crippen molar-refractivity contribution in [3.05, 3.63) is 70.9 Å². The number of rotatable bonds is 3. The molecule has 5 heteroatoms. The zero-order valence-electron chi connectivity index (χ0n) is 13.5. The largest absolute Gasteiger partial charge is 0.497 e. The zero-order valence-corrected chi connectivity index (χ0v) is 13.5. The minimum absolute atomic E-state index is 0.128. The van der Waals surface area contributed by atoms with E-state index in [0.29, 0.717) is 5.69 Å². The highest BCUT2D eigenvalue weighted by molar-refractivity contribution is 6.00. The third-order valence-corrected chi connectivity index (χ3v) is 4.35. The number of methoxy groups -OCH3 is 1. The topological polar surface area (TPSA) is 67.0 Å². The van der Waals surface area contributed by atoms with Crippen LogP contribution in [0.5, 0.6) is 5.75 Å². The second-order valence-electron chi connectivity index (χ2n) is 5.91. The van der Waals surface area contributed by atoms with Crippen molar-refractivity contribution >= 4 is 5.91 Å². The molecule has 0 spiro atoms. The monoisotopic (exact) mass is 319 g/mol. The summed E-state index contributed by atoms with van der Waals surface area (Å²) in [5.41, 5.74) is 5.32. The Morgan fingerprint density at radius 1 is 1.12 bits per heavy atom. The Bertz CT molecular complexity index is 913. The first kappa shape index (κ1) is 14.5. The average Bonchev–Trinajstić information content (AvgIpc) is 3.17. The van der Waals surface area contributed by atoms with E-state index in [9.17, 15) is 4.79 Å². The van der Waals surface area contributed by atoms with Crippen LogP contribution in [0, 0.1) is 6.92 Å². The third-order valence-electron chi connectivity index (χ3n) is 4.35. The summed E-state index contributed by atoms with van der Waals surface area (Å²) in [7, 11) is 1.63. The third kappa shape index (κ3) is 2.25. The average molecular weight is 319 g/mol. The predicted octanol–water partition coefficient (Wildman–Crippen LogP) is 3.23. The number of aromatic amines is 1. The van der Waals surface area contributed by atoms with Gasteiger partial charge >= 0.3 is 0 Å². The first-order chi connectivity index (χ1) is 11.7. The number of H-pyrrole nitrogens is 1. The maximum absolute atomic E-state index is 12.3. The summed E-state index contributed by atoms with van der Waals surface area (Å²) in [6, 6.07) is 15.7. The van der Waals surface area contributed by atoms with Gasteiger partial charge in [0.25, 0.3) is 5.91 Å². The zero-order chi connectivity index (χ0) is 16.7. The van der Waals surface area contributed by atoms with Crippen molar-refractivity contribution in [2.24, 2.45) is 0 Å². The molecule has 0 radical (unpaired) electrons. The summed E-state index contributed by atoms with van der Waals surface area (Å²) >= 11 is 0. The van der Waals surface area contributed by atoms with E-state index in [4.69, 9.17) is 4.74 Å². The second kappa shape index (κ2) is 5.53. The molecular weight excluding hydrogens is 302 g/mol. The van der Waals surface area contributed by atoms with Gasteiger partial charge in [-0.15, -0.1) is 0 Å². The fourth-order valence-electron chi connectivity index (χ4n) is 3.08. The molecule has 120 valence electrons. The Hall–Kier alpha value is -3.08. The molecule has 1 aromatic heterocycles. The predicted molar refractivity (Wildman–Crippen MR) is 91.1 cm³/mol. The fourth-order valence-corrected chi connectivity index (χ4v) is 3.08. The molecule has 0 bridgehead atoms. The van der Waals surface area contributed by atoms with Gasteiger partial charge in [-0.1, -0.05) is 42.0 Å². The quantitative estimate of drug-likeness (QED) is 0.779. The maximum atomic E-state index is 12.3. The van der Waals surface area contributed by atoms with E-state index < -0.39 is 0 Å². The van der Waals surface area contributed by atoms with E-state index in [0.717, 1.165) is 28.1 Å². The van der Waals surface area contributed by atoms with E-state index in [1.54, 1.807) is 7.11 Å². The highest BCUT2D eigenvalue weighted by Crippen LogP contribution is 2.37. The Morgan fingerprint density at radius 3 is 2.67 bits per heavy atom. The molecule has 0 saturated heterocycles. The van der Waals surface area contributed by atoms with Crippen LogP contribution < -0.4 is 10.1 Å². The summed E-state index contributed by atoms with van der Waals surface area (Å²) in [4.78, 5) is 12.3. The van der Waals surface area contributed by atoms with E-state index in [1.165, 1.54) is 5.56 Å². The molecule has 24 heavy (non-hydrogen) atoms. The molecule has 1 atom stereocenters. The second-order valence-corrected chi connectivity index (χ2v) is 5.91. The number of hydrogen-bond acceptors (Lipinski definition) is 3. The SMILES string of the molecule is COc1cccc(-c2n[nH]c3c2[C@@H](c2ccc(C)cc2)NC3=O)c1. The molecule has 1 aliphatic heterocycles. The van der Waals surface area contributed by atoms with Gasteiger partial charge in [-0.2, -0.15) is 5.10 Å². The molecule has 0 fully saturated rings. The summed E-state index contributed by atoms with van der Waals surface area (Å²) in [6.07, 6.45) is 0. The molecule has 5 nitrogen and oxygen atoms in total. The number of carbonyl (C=O) groups is 1. The number of nitrogens with zero attached hydrogens (tertiary/aromatic N) is 1. The first-order valence-electron chi connectivity index (χ1n) is 7.77. The van der Waals surface area contributed by atoms with Crippen LogP contribution in [0.25, 0.3) is 11.3 Å². The van der Waals surface area contributed by atoms with Gasteiger partial charge in [-0.3, -0.25) is 9.89 Å². The van der Waals surface area contributed by atoms with Crippen LogP contribution >= 0.6 is 0 Å². The fraction of sp³-hybridized carbons (Fsp3) is 0.158. The molecule has 3 aromatic rings. The summed E-state index contributed by atoms with van der Waals surface area (Å²) in [5, 5.41) is 10.3. The highest BCUT2D eigenvalue weighted by atomic mass is 16.5. The van der Waals surface area contributed by atoms with Crippen molar-refractivity contribution in [3.63, 3.8) is 0 Å². The van der Waals surface area contributed by atoms with Crippen LogP contribution in [0.2, 0.25) is 0 Å². The van der Waals surface area contributed by atoms with Crippen LogP contribution in [-0.2, 0) is 0 Å². The minimum atomic E-state index is -0.201. The molecule has 4 rings (SSSR count). The smallest absolute Gasteiger partial charge is 0.270 e. The van der Waals surface area contributed by atoms with Crippen molar-refractivity contribution in [2.75, 3.05) is 7.11 Å². The molecule has 2 heterocycles. The molecular formula is C19H17N3O2. The number of amides is 1. The van der Waals surface area contributed by atoms with Crippen LogP contribution in [0.4, 0.5) is 0 Å². The maximum Gasteiger partial charge on any atom is 0.270 e. The van der Waals surface area contributed by atoms with E-state index >= 15 is 0 Å². The van der Waals surface area contributed by atoms with Crippen molar-refractivity contribution in [1.29, 1.82) is 0 Å². The van der Waals surface area contributed by atoms with Gasteiger partial charge < -0.3 is 10.1 Å². The van der Waals surface area contributed by atoms with E-state index in [-0.39, 0.29) is 11.9 Å². The molecule has 1 amide bonds. The summed E-state index contributed by atoms with van der Waals surface area (Å²) in [5.74, 6) is 0.630. The number of carbonyl (C=O) groups excluding carboxylic acids is 1. The molecule has 0 saturated carbocycles. The lowest BCUT2D eigenvalue weighted by atomic mass is 9.96. The van der Waals surface area contributed by atoms with E-state index in [1.807, 2.05) is 55.5 Å². The molecule has 0 unspecified atom stereocenters. The van der Waals surface area contributed by atoms with Crippen molar-refractivity contribution < 1.29 is 9.53 Å².